The molecule has 198 valence electrons. The van der Waals surface area contributed by atoms with E-state index in [2.05, 4.69) is 5.43 Å². The average molecular weight is 535 g/mol. The van der Waals surface area contributed by atoms with Crippen molar-refractivity contribution in [2.24, 2.45) is 0 Å². The first-order valence-corrected chi connectivity index (χ1v) is 12.8. The molecule has 0 unspecified atom stereocenters. The van der Waals surface area contributed by atoms with E-state index in [4.69, 9.17) is 4.74 Å². The maximum absolute atomic E-state index is 13.2. The Morgan fingerprint density at radius 2 is 1.58 bits per heavy atom. The summed E-state index contributed by atoms with van der Waals surface area (Å²) < 4.78 is 84.9. The highest BCUT2D eigenvalue weighted by Crippen LogP contribution is 2.38. The molecule has 0 aromatic heterocycles. The molecule has 1 aliphatic heterocycles. The number of hydrogen-bond acceptors (Lipinski definition) is 4. The second-order valence-electron chi connectivity index (χ2n) is 8.82. The number of amides is 1. The third-order valence-corrected chi connectivity index (χ3v) is 6.83. The van der Waals surface area contributed by atoms with Crippen molar-refractivity contribution in [1.82, 2.24) is 10.4 Å². The van der Waals surface area contributed by atoms with Gasteiger partial charge in [0.05, 0.1) is 24.3 Å². The quantitative estimate of drug-likeness (QED) is 0.397. The smallest absolute Gasteiger partial charge is 0.376 e. The Morgan fingerprint density at radius 3 is 2.11 bits per heavy atom. The number of halogens is 6. The lowest BCUT2D eigenvalue weighted by Gasteiger charge is -2.42. The minimum absolute atomic E-state index is 0.0715. The largest absolute Gasteiger partial charge is 0.416 e. The van der Waals surface area contributed by atoms with Crippen molar-refractivity contribution in [3.63, 3.8) is 0 Å². The van der Waals surface area contributed by atoms with Crippen LogP contribution in [-0.2, 0) is 33.9 Å². The van der Waals surface area contributed by atoms with Crippen LogP contribution in [0.5, 0.6) is 0 Å². The first kappa shape index (κ1) is 28.3. The van der Waals surface area contributed by atoms with Crippen molar-refractivity contribution in [3.8, 4) is 0 Å². The zero-order valence-electron chi connectivity index (χ0n) is 19.7. The summed E-state index contributed by atoms with van der Waals surface area (Å²) in [5.41, 5.74) is 0.454. The number of hydrazine groups is 1. The highest BCUT2D eigenvalue weighted by Gasteiger charge is 2.38. The molecule has 0 aliphatic carbocycles. The fourth-order valence-corrected chi connectivity index (χ4v) is 4.64. The molecule has 0 bridgehead atoms. The molecule has 1 amide bonds. The fraction of sp³-hybridized carbons (Fsp3) is 0.480. The number of hydrogen-bond donors (Lipinski definition) is 1. The van der Waals surface area contributed by atoms with Crippen LogP contribution in [0.1, 0.15) is 41.5 Å². The number of carbonyl (C=O) groups excluding carboxylic acids is 1. The summed E-state index contributed by atoms with van der Waals surface area (Å²) in [6.45, 7) is 0.787. The Balaban J connectivity index is 1.72. The summed E-state index contributed by atoms with van der Waals surface area (Å²) in [4.78, 5) is 12.1. The lowest BCUT2D eigenvalue weighted by Crippen LogP contribution is -2.52. The molecule has 0 atom stereocenters. The van der Waals surface area contributed by atoms with Gasteiger partial charge in [0, 0.05) is 30.7 Å². The van der Waals surface area contributed by atoms with Crippen molar-refractivity contribution >= 4 is 17.7 Å². The Kier molecular flexibility index (Phi) is 9.34. The maximum atomic E-state index is 13.2. The van der Waals surface area contributed by atoms with Crippen LogP contribution in [0.15, 0.2) is 48.5 Å². The predicted molar refractivity (Wildman–Crippen MR) is 126 cm³/mol. The van der Waals surface area contributed by atoms with Crippen molar-refractivity contribution < 1.29 is 35.9 Å². The van der Waals surface area contributed by atoms with Crippen LogP contribution in [0.2, 0.25) is 0 Å². The van der Waals surface area contributed by atoms with Gasteiger partial charge in [-0.1, -0.05) is 30.3 Å². The van der Waals surface area contributed by atoms with E-state index in [9.17, 15) is 31.1 Å². The maximum Gasteiger partial charge on any atom is 0.416 e. The number of nitrogens with one attached hydrogen (secondary N) is 1. The second kappa shape index (κ2) is 11.9. The lowest BCUT2D eigenvalue weighted by atomic mass is 9.73. The first-order valence-electron chi connectivity index (χ1n) is 11.4. The van der Waals surface area contributed by atoms with Gasteiger partial charge in [-0.2, -0.15) is 38.1 Å². The van der Waals surface area contributed by atoms with Gasteiger partial charge in [-0.05, 0) is 48.4 Å². The standard InChI is InChI=1S/C25H28F6N2O2S/c1-36-12-7-22(34)32-33-10-8-23(9-11-33,19-5-3-2-4-6-19)17-35-16-18-13-20(24(26,27)28)15-21(14-18)25(29,30)31/h2-6,13-15H,7-12,16-17H2,1H3,(H,32,34). The van der Waals surface area contributed by atoms with E-state index in [-0.39, 0.29) is 24.1 Å². The van der Waals surface area contributed by atoms with Gasteiger partial charge in [0.2, 0.25) is 5.91 Å². The molecule has 2 aromatic rings. The average Bonchev–Trinajstić information content (AvgIpc) is 2.83. The van der Waals surface area contributed by atoms with Gasteiger partial charge in [-0.3, -0.25) is 10.2 Å². The Bertz CT molecular complexity index is 974. The summed E-state index contributed by atoms with van der Waals surface area (Å²) in [6.07, 6.45) is -6.30. The molecule has 1 N–H and O–H groups in total. The van der Waals surface area contributed by atoms with Gasteiger partial charge < -0.3 is 4.74 Å². The van der Waals surface area contributed by atoms with E-state index in [0.29, 0.717) is 50.2 Å². The Labute approximate surface area is 210 Å². The SMILES string of the molecule is CSCCC(=O)NN1CCC(COCc2cc(C(F)(F)F)cc(C(F)(F)F)c2)(c2ccccc2)CC1. The van der Waals surface area contributed by atoms with Crippen LogP contribution in [-0.4, -0.2) is 42.6 Å². The van der Waals surface area contributed by atoms with Gasteiger partial charge in [0.25, 0.3) is 0 Å². The molecule has 1 saturated heterocycles. The van der Waals surface area contributed by atoms with E-state index in [0.717, 1.165) is 5.56 Å². The summed E-state index contributed by atoms with van der Waals surface area (Å²) in [7, 11) is 0. The topological polar surface area (TPSA) is 41.6 Å². The van der Waals surface area contributed by atoms with Crippen molar-refractivity contribution in [3.05, 3.63) is 70.8 Å². The van der Waals surface area contributed by atoms with Crippen LogP contribution >= 0.6 is 11.8 Å². The molecule has 0 radical (unpaired) electrons. The van der Waals surface area contributed by atoms with Crippen molar-refractivity contribution in [2.75, 3.05) is 31.7 Å². The second-order valence-corrected chi connectivity index (χ2v) is 9.80. The number of carbonyl (C=O) groups is 1. The molecule has 36 heavy (non-hydrogen) atoms. The zero-order chi connectivity index (χ0) is 26.4. The molecular weight excluding hydrogens is 506 g/mol. The van der Waals surface area contributed by atoms with Gasteiger partial charge in [-0.15, -0.1) is 0 Å². The molecule has 1 fully saturated rings. The lowest BCUT2D eigenvalue weighted by molar-refractivity contribution is -0.143. The highest BCUT2D eigenvalue weighted by atomic mass is 32.2. The Morgan fingerprint density at radius 1 is 1.00 bits per heavy atom. The number of nitrogens with zero attached hydrogens (tertiary/aromatic N) is 1. The van der Waals surface area contributed by atoms with Gasteiger partial charge >= 0.3 is 12.4 Å². The number of benzene rings is 2. The first-order chi connectivity index (χ1) is 16.9. The van der Waals surface area contributed by atoms with E-state index in [1.807, 2.05) is 41.6 Å². The van der Waals surface area contributed by atoms with E-state index in [1.54, 1.807) is 11.8 Å². The van der Waals surface area contributed by atoms with Crippen LogP contribution in [0.25, 0.3) is 0 Å². The third kappa shape index (κ3) is 7.63. The summed E-state index contributed by atoms with van der Waals surface area (Å²) in [5.74, 6) is 0.644. The zero-order valence-corrected chi connectivity index (χ0v) is 20.5. The molecule has 2 aromatic carbocycles. The molecule has 11 heteroatoms. The minimum Gasteiger partial charge on any atom is -0.376 e. The number of alkyl halides is 6. The summed E-state index contributed by atoms with van der Waals surface area (Å²) in [5, 5.41) is 1.84. The molecule has 0 saturated carbocycles. The minimum atomic E-state index is -4.91. The summed E-state index contributed by atoms with van der Waals surface area (Å²) >= 11 is 1.58. The highest BCUT2D eigenvalue weighted by molar-refractivity contribution is 7.98. The molecule has 1 heterocycles. The van der Waals surface area contributed by atoms with Crippen LogP contribution < -0.4 is 5.43 Å². The monoisotopic (exact) mass is 534 g/mol. The Hall–Kier alpha value is -2.24. The molecule has 4 nitrogen and oxygen atoms in total. The van der Waals surface area contributed by atoms with Crippen LogP contribution in [0, 0.1) is 0 Å². The van der Waals surface area contributed by atoms with Crippen molar-refractivity contribution in [2.45, 2.75) is 43.6 Å². The van der Waals surface area contributed by atoms with Crippen LogP contribution in [0.3, 0.4) is 0 Å². The predicted octanol–water partition coefficient (Wildman–Crippen LogP) is 6.06. The van der Waals surface area contributed by atoms with E-state index in [1.165, 1.54) is 0 Å². The van der Waals surface area contributed by atoms with E-state index >= 15 is 0 Å². The fourth-order valence-electron chi connectivity index (χ4n) is 4.25. The number of piperidine rings is 1. The summed E-state index contributed by atoms with van der Waals surface area (Å²) in [6, 6.07) is 11.0. The van der Waals surface area contributed by atoms with Crippen molar-refractivity contribution in [1.29, 1.82) is 0 Å². The van der Waals surface area contributed by atoms with E-state index < -0.39 is 35.5 Å². The van der Waals surface area contributed by atoms with Crippen LogP contribution in [0.4, 0.5) is 26.3 Å². The number of ether oxygens (including phenoxy) is 1. The number of thioether (sulfide) groups is 1. The van der Waals surface area contributed by atoms with Gasteiger partial charge in [-0.25, -0.2) is 5.01 Å². The molecular formula is C25H28F6N2O2S. The van der Waals surface area contributed by atoms with Gasteiger partial charge in [0.1, 0.15) is 0 Å². The molecule has 1 aliphatic rings. The third-order valence-electron chi connectivity index (χ3n) is 6.22. The number of rotatable bonds is 9. The molecule has 0 spiro atoms. The normalized spacial score (nSPS) is 16.6. The van der Waals surface area contributed by atoms with Gasteiger partial charge in [0.15, 0.2) is 0 Å². The molecule has 3 rings (SSSR count).